The van der Waals surface area contributed by atoms with Gasteiger partial charge in [0.2, 0.25) is 0 Å². The van der Waals surface area contributed by atoms with Crippen LogP contribution in [-0.4, -0.2) is 32.7 Å². The molecule has 0 saturated carbocycles. The summed E-state index contributed by atoms with van der Waals surface area (Å²) in [5.41, 5.74) is 5.13. The number of aromatic nitrogens is 5. The summed E-state index contributed by atoms with van der Waals surface area (Å²) in [4.78, 5) is 4.73. The second-order valence-electron chi connectivity index (χ2n) is 8.54. The Morgan fingerprint density at radius 3 is 2.63 bits per heavy atom. The number of nitrogens with zero attached hydrogens (tertiary/aromatic N) is 4. The molecule has 0 aliphatic heterocycles. The summed E-state index contributed by atoms with van der Waals surface area (Å²) in [6, 6.07) is 26.6. The maximum Gasteiger partial charge on any atom is 0.179 e. The van der Waals surface area contributed by atoms with Crippen LogP contribution >= 0.6 is 0 Å². The van der Waals surface area contributed by atoms with Crippen molar-refractivity contribution in [1.82, 2.24) is 25.6 Å². The van der Waals surface area contributed by atoms with E-state index in [2.05, 4.69) is 57.9 Å². The van der Waals surface area contributed by atoms with Gasteiger partial charge >= 0.3 is 0 Å². The highest BCUT2D eigenvalue weighted by Crippen LogP contribution is 2.32. The molecule has 1 unspecified atom stereocenters. The summed E-state index contributed by atoms with van der Waals surface area (Å²) < 4.78 is 11.9. The minimum absolute atomic E-state index is 0.304. The number of hydrogen-bond acceptors (Lipinski definition) is 6. The lowest BCUT2D eigenvalue weighted by molar-refractivity contribution is 0.296. The van der Waals surface area contributed by atoms with Crippen LogP contribution in [0.4, 0.5) is 0 Å². The van der Waals surface area contributed by atoms with Gasteiger partial charge in [0.1, 0.15) is 18.1 Å². The number of nitrogens with one attached hydrogen (secondary N) is 1. The molecule has 176 valence electrons. The van der Waals surface area contributed by atoms with E-state index in [1.54, 1.807) is 7.11 Å². The van der Waals surface area contributed by atoms with Gasteiger partial charge in [-0.15, -0.1) is 5.10 Å². The van der Waals surface area contributed by atoms with Crippen molar-refractivity contribution < 1.29 is 9.47 Å². The van der Waals surface area contributed by atoms with E-state index in [4.69, 9.17) is 14.5 Å². The molecule has 2 aromatic heterocycles. The number of ether oxygens (including phenoxy) is 2. The summed E-state index contributed by atoms with van der Waals surface area (Å²) in [5.74, 6) is 2.65. The van der Waals surface area contributed by atoms with Gasteiger partial charge in [0.15, 0.2) is 5.82 Å². The highest BCUT2D eigenvalue weighted by atomic mass is 16.5. The van der Waals surface area contributed by atoms with E-state index >= 15 is 0 Å². The molecule has 2 heterocycles. The van der Waals surface area contributed by atoms with Crippen molar-refractivity contribution in [2.75, 3.05) is 7.11 Å². The van der Waals surface area contributed by atoms with E-state index in [1.807, 2.05) is 48.5 Å². The Balaban J connectivity index is 1.26. The van der Waals surface area contributed by atoms with Gasteiger partial charge in [-0.1, -0.05) is 61.5 Å². The maximum atomic E-state index is 6.24. The van der Waals surface area contributed by atoms with Crippen molar-refractivity contribution in [3.8, 4) is 22.9 Å². The fourth-order valence-electron chi connectivity index (χ4n) is 4.27. The van der Waals surface area contributed by atoms with E-state index in [0.29, 0.717) is 18.3 Å². The number of pyridine rings is 1. The zero-order valence-corrected chi connectivity index (χ0v) is 19.8. The van der Waals surface area contributed by atoms with Crippen LogP contribution in [0.5, 0.6) is 11.5 Å². The molecule has 0 fully saturated rings. The largest absolute Gasteiger partial charge is 0.496 e. The normalized spacial score (nSPS) is 11.9. The van der Waals surface area contributed by atoms with E-state index in [9.17, 15) is 0 Å². The smallest absolute Gasteiger partial charge is 0.179 e. The van der Waals surface area contributed by atoms with Crippen molar-refractivity contribution in [3.05, 3.63) is 95.7 Å². The summed E-state index contributed by atoms with van der Waals surface area (Å²) in [6.07, 6.45) is 1.83. The molecule has 0 aliphatic carbocycles. The second kappa shape index (κ2) is 10.3. The van der Waals surface area contributed by atoms with Gasteiger partial charge in [0.25, 0.3) is 0 Å². The zero-order valence-electron chi connectivity index (χ0n) is 19.8. The fourth-order valence-corrected chi connectivity index (χ4v) is 4.27. The van der Waals surface area contributed by atoms with Crippen molar-refractivity contribution in [2.45, 2.75) is 32.3 Å². The molecule has 5 aromatic rings. The number of H-pyrrole nitrogens is 1. The molecule has 0 bridgehead atoms. The predicted octanol–water partition coefficient (Wildman–Crippen LogP) is 5.74. The van der Waals surface area contributed by atoms with Crippen LogP contribution in [0.2, 0.25) is 0 Å². The van der Waals surface area contributed by atoms with E-state index < -0.39 is 0 Å². The molecule has 3 aromatic carbocycles. The van der Waals surface area contributed by atoms with Crippen LogP contribution in [0.15, 0.2) is 78.9 Å². The molecule has 0 aliphatic rings. The lowest BCUT2D eigenvalue weighted by Gasteiger charge is -2.18. The van der Waals surface area contributed by atoms with Gasteiger partial charge in [-0.05, 0) is 64.6 Å². The highest BCUT2D eigenvalue weighted by Gasteiger charge is 2.15. The van der Waals surface area contributed by atoms with Gasteiger partial charge in [-0.2, -0.15) is 0 Å². The fraction of sp³-hybridized carbons (Fsp3) is 0.214. The average Bonchev–Trinajstić information content (AvgIpc) is 3.46. The highest BCUT2D eigenvalue weighted by molar-refractivity contribution is 5.78. The zero-order chi connectivity index (χ0) is 24.0. The Hall–Kier alpha value is -4.26. The number of benzene rings is 3. The van der Waals surface area contributed by atoms with Crippen LogP contribution in [0, 0.1) is 0 Å². The number of para-hydroxylation sites is 2. The van der Waals surface area contributed by atoms with Crippen molar-refractivity contribution in [2.24, 2.45) is 0 Å². The van der Waals surface area contributed by atoms with Crippen LogP contribution in [0.1, 0.15) is 36.1 Å². The molecule has 0 amide bonds. The van der Waals surface area contributed by atoms with E-state index in [0.717, 1.165) is 52.1 Å². The number of rotatable bonds is 9. The Bertz CT molecular complexity index is 1420. The number of hydrogen-bond donors (Lipinski definition) is 1. The van der Waals surface area contributed by atoms with E-state index in [1.165, 1.54) is 5.56 Å². The molecule has 0 radical (unpaired) electrons. The molecule has 1 atom stereocenters. The number of fused-ring (bicyclic) bond motifs is 1. The molecular formula is C28H27N5O2. The van der Waals surface area contributed by atoms with Gasteiger partial charge in [-0.25, -0.2) is 10.1 Å². The summed E-state index contributed by atoms with van der Waals surface area (Å²) >= 11 is 0. The first-order valence-electron chi connectivity index (χ1n) is 11.7. The minimum atomic E-state index is 0.304. The van der Waals surface area contributed by atoms with Crippen LogP contribution in [0.25, 0.3) is 22.3 Å². The van der Waals surface area contributed by atoms with Gasteiger partial charge in [0.05, 0.1) is 18.3 Å². The summed E-state index contributed by atoms with van der Waals surface area (Å²) in [5, 5.41) is 15.2. The molecule has 1 N–H and O–H groups in total. The molecule has 35 heavy (non-hydrogen) atoms. The average molecular weight is 466 g/mol. The first kappa shape index (κ1) is 22.5. The first-order chi connectivity index (χ1) is 17.2. The predicted molar refractivity (Wildman–Crippen MR) is 135 cm³/mol. The number of aryl methyl sites for hydroxylation is 1. The molecule has 7 nitrogen and oxygen atoms in total. The lowest BCUT2D eigenvalue weighted by atomic mass is 9.92. The van der Waals surface area contributed by atoms with Crippen molar-refractivity contribution in [1.29, 1.82) is 0 Å². The Morgan fingerprint density at radius 2 is 1.77 bits per heavy atom. The first-order valence-corrected chi connectivity index (χ1v) is 11.7. The van der Waals surface area contributed by atoms with Crippen molar-refractivity contribution in [3.63, 3.8) is 0 Å². The Morgan fingerprint density at radius 1 is 0.914 bits per heavy atom. The molecule has 5 rings (SSSR count). The van der Waals surface area contributed by atoms with E-state index in [-0.39, 0.29) is 0 Å². The second-order valence-corrected chi connectivity index (χ2v) is 8.54. The van der Waals surface area contributed by atoms with Crippen LogP contribution in [0.3, 0.4) is 0 Å². The number of methoxy groups -OCH3 is 1. The molecular weight excluding hydrogens is 438 g/mol. The van der Waals surface area contributed by atoms with Gasteiger partial charge < -0.3 is 9.47 Å². The monoisotopic (exact) mass is 465 g/mol. The maximum absolute atomic E-state index is 6.24. The topological polar surface area (TPSA) is 85.8 Å². The third-order valence-corrected chi connectivity index (χ3v) is 6.23. The van der Waals surface area contributed by atoms with Crippen molar-refractivity contribution >= 4 is 10.9 Å². The lowest BCUT2D eigenvalue weighted by Crippen LogP contribution is -2.04. The summed E-state index contributed by atoms with van der Waals surface area (Å²) in [6.45, 7) is 2.66. The Labute approximate surface area is 204 Å². The molecule has 7 heteroatoms. The number of tetrazole rings is 1. The van der Waals surface area contributed by atoms with Crippen LogP contribution in [-0.2, 0) is 13.0 Å². The molecule has 0 spiro atoms. The van der Waals surface area contributed by atoms with Gasteiger partial charge in [0, 0.05) is 10.9 Å². The third kappa shape index (κ3) is 5.14. The molecule has 0 saturated heterocycles. The quantitative estimate of drug-likeness (QED) is 0.299. The minimum Gasteiger partial charge on any atom is -0.496 e. The standard InChI is InChI=1S/C28H27N5O2/c1-19(11-12-21-13-14-22(17-27(21)34-2)28-30-32-33-31-28)24-8-4-6-10-26(24)35-18-23-16-15-20-7-3-5-9-25(20)29-23/h3-10,13-17,19H,11-12,18H2,1-2H3,(H,30,31,32,33). The summed E-state index contributed by atoms with van der Waals surface area (Å²) in [7, 11) is 1.69. The number of aromatic amines is 1. The van der Waals surface area contributed by atoms with Gasteiger partial charge in [-0.3, -0.25) is 0 Å². The SMILES string of the molecule is COc1cc(-c2nnn[nH]2)ccc1CCC(C)c1ccccc1OCc1ccc2ccccc2n1. The third-order valence-electron chi connectivity index (χ3n) is 6.23. The van der Waals surface area contributed by atoms with Crippen LogP contribution < -0.4 is 9.47 Å². The Kier molecular flexibility index (Phi) is 6.66.